The van der Waals surface area contributed by atoms with Crippen molar-refractivity contribution >= 4 is 5.91 Å². The number of likely N-dealkylation sites (tertiary alicyclic amines) is 1. The van der Waals surface area contributed by atoms with E-state index in [2.05, 4.69) is 43.1 Å². The number of pyridine rings is 1. The average molecular weight is 455 g/mol. The fourth-order valence-electron chi connectivity index (χ4n) is 5.02. The minimum absolute atomic E-state index is 0.0394. The van der Waals surface area contributed by atoms with Crippen molar-refractivity contribution in [1.29, 1.82) is 0 Å². The predicted molar refractivity (Wildman–Crippen MR) is 124 cm³/mol. The zero-order valence-electron chi connectivity index (χ0n) is 20.0. The summed E-state index contributed by atoms with van der Waals surface area (Å²) in [6, 6.07) is 12.2. The van der Waals surface area contributed by atoms with Gasteiger partial charge in [0.25, 0.3) is 5.91 Å². The lowest BCUT2D eigenvalue weighted by atomic mass is 9.75. The number of fused-ring (bicyclic) bond motifs is 1. The SMILES string of the molecule is COCOC1(Cc2cc(OC3Cc4ccccc4C3)ccn2)C(=O)N(COC)C1CC(C)C. The Morgan fingerprint density at radius 2 is 1.85 bits per heavy atom. The largest absolute Gasteiger partial charge is 0.490 e. The highest BCUT2D eigenvalue weighted by atomic mass is 16.7. The van der Waals surface area contributed by atoms with E-state index in [1.165, 1.54) is 11.1 Å². The molecule has 1 saturated heterocycles. The summed E-state index contributed by atoms with van der Waals surface area (Å²) in [7, 11) is 3.16. The molecular formula is C26H34N2O5. The van der Waals surface area contributed by atoms with Crippen LogP contribution >= 0.6 is 0 Å². The van der Waals surface area contributed by atoms with E-state index in [4.69, 9.17) is 18.9 Å². The van der Waals surface area contributed by atoms with Gasteiger partial charge in [-0.15, -0.1) is 0 Å². The first kappa shape index (κ1) is 23.7. The van der Waals surface area contributed by atoms with Crippen molar-refractivity contribution in [3.05, 3.63) is 59.4 Å². The minimum Gasteiger partial charge on any atom is -0.490 e. The van der Waals surface area contributed by atoms with Crippen LogP contribution in [0, 0.1) is 5.92 Å². The molecule has 7 heteroatoms. The molecule has 7 nitrogen and oxygen atoms in total. The zero-order chi connectivity index (χ0) is 23.4. The highest BCUT2D eigenvalue weighted by Crippen LogP contribution is 2.41. The first-order chi connectivity index (χ1) is 16.0. The zero-order valence-corrected chi connectivity index (χ0v) is 20.0. The lowest BCUT2D eigenvalue weighted by Gasteiger charge is -2.55. The van der Waals surface area contributed by atoms with E-state index in [9.17, 15) is 4.79 Å². The molecule has 1 aliphatic heterocycles. The first-order valence-electron chi connectivity index (χ1n) is 11.6. The second-order valence-corrected chi connectivity index (χ2v) is 9.35. The van der Waals surface area contributed by atoms with E-state index >= 15 is 0 Å². The minimum atomic E-state index is -1.02. The topological polar surface area (TPSA) is 70.1 Å². The number of ether oxygens (including phenoxy) is 4. The second-order valence-electron chi connectivity index (χ2n) is 9.35. The number of rotatable bonds is 11. The molecule has 1 amide bonds. The molecule has 2 aromatic rings. The van der Waals surface area contributed by atoms with Crippen molar-refractivity contribution in [3.63, 3.8) is 0 Å². The standard InChI is InChI=1S/C26H34N2O5/c1-18(2)11-24-26(32-17-31-4,25(29)28(24)16-30-3)15-21-14-22(9-10-27-21)33-23-12-19-7-5-6-8-20(19)13-23/h5-10,14,18,23-24H,11-13,15-17H2,1-4H3. The van der Waals surface area contributed by atoms with Gasteiger partial charge >= 0.3 is 0 Å². The van der Waals surface area contributed by atoms with Gasteiger partial charge in [-0.05, 0) is 29.5 Å². The number of amides is 1. The smallest absolute Gasteiger partial charge is 0.259 e. The Hall–Kier alpha value is -2.48. The summed E-state index contributed by atoms with van der Waals surface area (Å²) in [6.45, 7) is 4.56. The Morgan fingerprint density at radius 3 is 2.48 bits per heavy atom. The van der Waals surface area contributed by atoms with Crippen LogP contribution in [0.5, 0.6) is 5.75 Å². The maximum absolute atomic E-state index is 13.3. The third kappa shape index (κ3) is 4.90. The van der Waals surface area contributed by atoms with E-state index in [-0.39, 0.29) is 31.6 Å². The van der Waals surface area contributed by atoms with E-state index in [1.807, 2.05) is 12.1 Å². The summed E-state index contributed by atoms with van der Waals surface area (Å²) in [5.41, 5.74) is 2.43. The summed E-state index contributed by atoms with van der Waals surface area (Å²) in [5.74, 6) is 1.06. The summed E-state index contributed by atoms with van der Waals surface area (Å²) in [6.07, 6.45) is 4.80. The van der Waals surface area contributed by atoms with Gasteiger partial charge in [-0.25, -0.2) is 0 Å². The van der Waals surface area contributed by atoms with Crippen LogP contribution in [0.3, 0.4) is 0 Å². The third-order valence-electron chi connectivity index (χ3n) is 6.48. The third-order valence-corrected chi connectivity index (χ3v) is 6.48. The highest BCUT2D eigenvalue weighted by molar-refractivity contribution is 5.93. The van der Waals surface area contributed by atoms with Crippen LogP contribution in [0.1, 0.15) is 37.1 Å². The molecule has 1 aromatic carbocycles. The number of carbonyl (C=O) groups excluding carboxylic acids is 1. The lowest BCUT2D eigenvalue weighted by Crippen LogP contribution is -2.76. The molecule has 178 valence electrons. The maximum atomic E-state index is 13.3. The van der Waals surface area contributed by atoms with Gasteiger partial charge in [0.1, 0.15) is 25.4 Å². The number of carbonyl (C=O) groups is 1. The van der Waals surface area contributed by atoms with Crippen molar-refractivity contribution < 1.29 is 23.7 Å². The van der Waals surface area contributed by atoms with Gasteiger partial charge in [-0.3, -0.25) is 9.78 Å². The molecule has 1 fully saturated rings. The van der Waals surface area contributed by atoms with Crippen molar-refractivity contribution in [2.24, 2.45) is 5.92 Å². The Labute approximate surface area is 196 Å². The predicted octanol–water partition coefficient (Wildman–Crippen LogP) is 3.39. The molecule has 2 aliphatic rings. The van der Waals surface area contributed by atoms with Crippen LogP contribution in [0.15, 0.2) is 42.6 Å². The van der Waals surface area contributed by atoms with Gasteiger partial charge < -0.3 is 23.8 Å². The monoisotopic (exact) mass is 454 g/mol. The number of β-lactam (4-membered cyclic amide) rings is 1. The number of benzene rings is 1. The molecule has 0 radical (unpaired) electrons. The van der Waals surface area contributed by atoms with Gasteiger partial charge in [-0.1, -0.05) is 38.1 Å². The molecule has 0 bridgehead atoms. The van der Waals surface area contributed by atoms with Crippen molar-refractivity contribution in [3.8, 4) is 5.75 Å². The van der Waals surface area contributed by atoms with Crippen LogP contribution < -0.4 is 4.74 Å². The molecule has 2 unspecified atom stereocenters. The first-order valence-corrected chi connectivity index (χ1v) is 11.6. The number of aromatic nitrogens is 1. The molecule has 33 heavy (non-hydrogen) atoms. The van der Waals surface area contributed by atoms with Gasteiger partial charge in [0.2, 0.25) is 0 Å². The molecular weight excluding hydrogens is 420 g/mol. The van der Waals surface area contributed by atoms with Crippen LogP contribution in [0.2, 0.25) is 0 Å². The molecule has 0 saturated carbocycles. The summed E-state index contributed by atoms with van der Waals surface area (Å²) in [5, 5.41) is 0. The lowest BCUT2D eigenvalue weighted by molar-refractivity contribution is -0.235. The van der Waals surface area contributed by atoms with Crippen LogP contribution in [0.4, 0.5) is 0 Å². The number of hydrogen-bond donors (Lipinski definition) is 0. The second kappa shape index (κ2) is 10.2. The fourth-order valence-corrected chi connectivity index (χ4v) is 5.02. The van der Waals surface area contributed by atoms with E-state index in [1.54, 1.807) is 25.3 Å². The molecule has 2 atom stereocenters. The Morgan fingerprint density at radius 1 is 1.12 bits per heavy atom. The van der Waals surface area contributed by atoms with Gasteiger partial charge in [-0.2, -0.15) is 0 Å². The Balaban J connectivity index is 1.52. The average Bonchev–Trinajstić information content (AvgIpc) is 3.21. The number of hydrogen-bond acceptors (Lipinski definition) is 6. The molecule has 2 heterocycles. The van der Waals surface area contributed by atoms with E-state index in [0.717, 1.165) is 30.7 Å². The molecule has 1 aliphatic carbocycles. The van der Waals surface area contributed by atoms with E-state index < -0.39 is 5.60 Å². The quantitative estimate of drug-likeness (QED) is 0.383. The molecule has 1 aromatic heterocycles. The summed E-state index contributed by atoms with van der Waals surface area (Å²) >= 11 is 0. The number of nitrogens with zero attached hydrogens (tertiary/aromatic N) is 2. The van der Waals surface area contributed by atoms with Crippen molar-refractivity contribution in [1.82, 2.24) is 9.88 Å². The van der Waals surface area contributed by atoms with Gasteiger partial charge in [0, 0.05) is 51.4 Å². The van der Waals surface area contributed by atoms with Crippen LogP contribution in [-0.4, -0.2) is 61.3 Å². The summed E-state index contributed by atoms with van der Waals surface area (Å²) in [4.78, 5) is 19.6. The summed E-state index contributed by atoms with van der Waals surface area (Å²) < 4.78 is 22.9. The Kier molecular flexibility index (Phi) is 7.32. The van der Waals surface area contributed by atoms with E-state index in [0.29, 0.717) is 12.3 Å². The molecule has 4 rings (SSSR count). The normalized spacial score (nSPS) is 22.5. The van der Waals surface area contributed by atoms with Crippen molar-refractivity contribution in [2.75, 3.05) is 27.7 Å². The molecule has 0 N–H and O–H groups in total. The van der Waals surface area contributed by atoms with Gasteiger partial charge in [0.15, 0.2) is 5.60 Å². The maximum Gasteiger partial charge on any atom is 0.259 e. The van der Waals surface area contributed by atoms with Crippen molar-refractivity contribution in [2.45, 2.75) is 57.3 Å². The van der Waals surface area contributed by atoms with Crippen LogP contribution in [0.25, 0.3) is 0 Å². The van der Waals surface area contributed by atoms with Gasteiger partial charge in [0.05, 0.1) is 6.04 Å². The number of methoxy groups -OCH3 is 2. The highest BCUT2D eigenvalue weighted by Gasteiger charge is 2.62. The molecule has 0 spiro atoms. The van der Waals surface area contributed by atoms with Crippen LogP contribution in [-0.2, 0) is 38.3 Å². The Bertz CT molecular complexity index is 940. The fraction of sp³-hybridized carbons (Fsp3) is 0.538.